The van der Waals surface area contributed by atoms with E-state index in [9.17, 15) is 13.2 Å². The summed E-state index contributed by atoms with van der Waals surface area (Å²) in [5.74, 6) is 0.948. The molecule has 0 atom stereocenters. The summed E-state index contributed by atoms with van der Waals surface area (Å²) >= 11 is 0. The van der Waals surface area contributed by atoms with Crippen molar-refractivity contribution in [1.82, 2.24) is 3.97 Å². The van der Waals surface area contributed by atoms with Crippen LogP contribution in [0.4, 0.5) is 0 Å². The second kappa shape index (κ2) is 7.67. The van der Waals surface area contributed by atoms with Gasteiger partial charge in [0.25, 0.3) is 10.0 Å². The predicted molar refractivity (Wildman–Crippen MR) is 108 cm³/mol. The lowest BCUT2D eigenvalue weighted by atomic mass is 10.2. The van der Waals surface area contributed by atoms with Crippen LogP contribution in [0.3, 0.4) is 0 Å². The minimum absolute atomic E-state index is 0.000277. The number of methoxy groups -OCH3 is 2. The van der Waals surface area contributed by atoms with Gasteiger partial charge in [-0.15, -0.1) is 0 Å². The zero-order chi connectivity index (χ0) is 20.5. The van der Waals surface area contributed by atoms with Crippen LogP contribution in [-0.2, 0) is 21.2 Å². The van der Waals surface area contributed by atoms with Gasteiger partial charge in [0.1, 0.15) is 5.78 Å². The molecular weight excluding hydrogens is 378 g/mol. The third-order valence-corrected chi connectivity index (χ3v) is 6.41. The fourth-order valence-corrected chi connectivity index (χ4v) is 4.71. The third kappa shape index (κ3) is 3.62. The summed E-state index contributed by atoms with van der Waals surface area (Å²) in [6.07, 6.45) is 0.577. The molecule has 0 radical (unpaired) electrons. The van der Waals surface area contributed by atoms with Crippen LogP contribution in [0.1, 0.15) is 24.6 Å². The second-order valence-corrected chi connectivity index (χ2v) is 8.47. The van der Waals surface area contributed by atoms with E-state index in [1.807, 2.05) is 6.92 Å². The molecule has 0 N–H and O–H groups in total. The topological polar surface area (TPSA) is 74.6 Å². The van der Waals surface area contributed by atoms with Crippen molar-refractivity contribution in [2.24, 2.45) is 0 Å². The normalized spacial score (nSPS) is 11.6. The van der Waals surface area contributed by atoms with Crippen molar-refractivity contribution < 1.29 is 22.7 Å². The Labute approximate surface area is 164 Å². The summed E-state index contributed by atoms with van der Waals surface area (Å²) in [6.45, 7) is 3.39. The molecule has 3 aromatic rings. The van der Waals surface area contributed by atoms with Gasteiger partial charge in [-0.2, -0.15) is 0 Å². The molecule has 0 saturated heterocycles. The second-order valence-electron chi connectivity index (χ2n) is 6.69. The highest BCUT2D eigenvalue weighted by Gasteiger charge is 2.24. The zero-order valence-corrected chi connectivity index (χ0v) is 17.2. The van der Waals surface area contributed by atoms with E-state index in [1.54, 1.807) is 42.5 Å². The Morgan fingerprint density at radius 2 is 1.61 bits per heavy atom. The molecule has 1 heterocycles. The number of ketones is 1. The highest BCUT2D eigenvalue weighted by molar-refractivity contribution is 7.90. The Morgan fingerprint density at radius 3 is 2.18 bits per heavy atom. The van der Waals surface area contributed by atoms with Crippen LogP contribution >= 0.6 is 0 Å². The Hall–Kier alpha value is -2.80. The molecule has 0 aliphatic rings. The summed E-state index contributed by atoms with van der Waals surface area (Å²) in [5.41, 5.74) is 2.00. The maximum absolute atomic E-state index is 13.4. The molecule has 0 amide bonds. The molecule has 3 rings (SSSR count). The molecule has 0 bridgehead atoms. The van der Waals surface area contributed by atoms with E-state index in [2.05, 4.69) is 0 Å². The first kappa shape index (κ1) is 19.9. The maximum Gasteiger partial charge on any atom is 0.268 e. The first-order valence-electron chi connectivity index (χ1n) is 8.86. The van der Waals surface area contributed by atoms with Gasteiger partial charge in [-0.05, 0) is 44.5 Å². The highest BCUT2D eigenvalue weighted by Crippen LogP contribution is 2.36. The summed E-state index contributed by atoms with van der Waals surface area (Å²) in [6, 6.07) is 11.9. The number of nitrogens with zero attached hydrogens (tertiary/aromatic N) is 1. The van der Waals surface area contributed by atoms with Gasteiger partial charge in [0.2, 0.25) is 0 Å². The number of aromatic nitrogens is 1. The SMILES string of the molecule is COc1cc2cc(CCC(C)=O)n(S(=O)(=O)c3ccc(C)cc3)c2cc1OC. The molecule has 0 aliphatic heterocycles. The lowest BCUT2D eigenvalue weighted by molar-refractivity contribution is -0.117. The van der Waals surface area contributed by atoms with Gasteiger partial charge in [0.15, 0.2) is 11.5 Å². The van der Waals surface area contributed by atoms with Gasteiger partial charge in [0.05, 0.1) is 24.6 Å². The fraction of sp³-hybridized carbons (Fsp3) is 0.286. The monoisotopic (exact) mass is 401 g/mol. The van der Waals surface area contributed by atoms with Crippen molar-refractivity contribution in [2.45, 2.75) is 31.6 Å². The minimum Gasteiger partial charge on any atom is -0.493 e. The molecule has 0 unspecified atom stereocenters. The number of Topliss-reactive ketones (excluding diaryl/α,β-unsaturated/α-hetero) is 1. The number of hydrogen-bond donors (Lipinski definition) is 0. The first-order chi connectivity index (χ1) is 13.3. The summed E-state index contributed by atoms with van der Waals surface area (Å²) in [4.78, 5) is 11.7. The van der Waals surface area contributed by atoms with Gasteiger partial charge in [-0.1, -0.05) is 17.7 Å². The maximum atomic E-state index is 13.4. The van der Waals surface area contributed by atoms with Crippen LogP contribution in [-0.4, -0.2) is 32.4 Å². The van der Waals surface area contributed by atoms with Crippen LogP contribution in [0.5, 0.6) is 11.5 Å². The molecule has 0 aliphatic carbocycles. The van der Waals surface area contributed by atoms with E-state index in [-0.39, 0.29) is 17.1 Å². The van der Waals surface area contributed by atoms with E-state index in [1.165, 1.54) is 25.1 Å². The molecule has 7 heteroatoms. The lowest BCUT2D eigenvalue weighted by Gasteiger charge is -2.13. The van der Waals surface area contributed by atoms with E-state index in [0.717, 1.165) is 5.56 Å². The van der Waals surface area contributed by atoms with Crippen molar-refractivity contribution in [2.75, 3.05) is 14.2 Å². The van der Waals surface area contributed by atoms with Gasteiger partial charge in [-0.25, -0.2) is 12.4 Å². The van der Waals surface area contributed by atoms with Crippen LogP contribution < -0.4 is 9.47 Å². The molecule has 0 saturated carbocycles. The van der Waals surface area contributed by atoms with Gasteiger partial charge >= 0.3 is 0 Å². The number of ether oxygens (including phenoxy) is 2. The summed E-state index contributed by atoms with van der Waals surface area (Å²) in [7, 11) is -0.823. The van der Waals surface area contributed by atoms with Crippen LogP contribution in [0.15, 0.2) is 47.4 Å². The Kier molecular flexibility index (Phi) is 5.47. The van der Waals surface area contributed by atoms with Crippen LogP contribution in [0, 0.1) is 6.92 Å². The van der Waals surface area contributed by atoms with Crippen LogP contribution in [0.2, 0.25) is 0 Å². The largest absolute Gasteiger partial charge is 0.493 e. The smallest absolute Gasteiger partial charge is 0.268 e. The summed E-state index contributed by atoms with van der Waals surface area (Å²) in [5, 5.41) is 0.701. The number of benzene rings is 2. The zero-order valence-electron chi connectivity index (χ0n) is 16.4. The van der Waals surface area contributed by atoms with Gasteiger partial charge in [0, 0.05) is 23.6 Å². The molecule has 148 valence electrons. The molecular formula is C21H23NO5S. The van der Waals surface area contributed by atoms with Crippen molar-refractivity contribution in [3.05, 3.63) is 53.7 Å². The predicted octanol–water partition coefficient (Wildman–Crippen LogP) is 3.73. The van der Waals surface area contributed by atoms with Crippen molar-refractivity contribution in [3.63, 3.8) is 0 Å². The molecule has 28 heavy (non-hydrogen) atoms. The average Bonchev–Trinajstić information content (AvgIpc) is 3.03. The number of carbonyl (C=O) groups excluding carboxylic acids is 1. The van der Waals surface area contributed by atoms with Gasteiger partial charge in [-0.3, -0.25) is 0 Å². The van der Waals surface area contributed by atoms with Crippen molar-refractivity contribution in [1.29, 1.82) is 0 Å². The Bertz CT molecular complexity index is 1130. The van der Waals surface area contributed by atoms with E-state index >= 15 is 0 Å². The van der Waals surface area contributed by atoms with Crippen molar-refractivity contribution in [3.8, 4) is 11.5 Å². The van der Waals surface area contributed by atoms with E-state index in [4.69, 9.17) is 9.47 Å². The standard InChI is InChI=1S/C21H23NO5S/c1-14-5-9-18(10-6-14)28(24,25)22-17(8-7-15(2)23)11-16-12-20(26-3)21(27-4)13-19(16)22/h5-6,9-13H,7-8H2,1-4H3. The number of carbonyl (C=O) groups is 1. The number of hydrogen-bond acceptors (Lipinski definition) is 5. The van der Waals surface area contributed by atoms with Crippen LogP contribution in [0.25, 0.3) is 10.9 Å². The van der Waals surface area contributed by atoms with E-state index in [0.29, 0.717) is 34.5 Å². The molecule has 1 aromatic heterocycles. The van der Waals surface area contributed by atoms with E-state index < -0.39 is 10.0 Å². The Balaban J connectivity index is 2.29. The molecule has 6 nitrogen and oxygen atoms in total. The molecule has 2 aromatic carbocycles. The highest BCUT2D eigenvalue weighted by atomic mass is 32.2. The first-order valence-corrected chi connectivity index (χ1v) is 10.3. The third-order valence-electron chi connectivity index (χ3n) is 4.63. The minimum atomic E-state index is -3.85. The number of rotatable bonds is 7. The van der Waals surface area contributed by atoms with Gasteiger partial charge < -0.3 is 14.3 Å². The van der Waals surface area contributed by atoms with Crippen molar-refractivity contribution >= 4 is 26.7 Å². The average molecular weight is 401 g/mol. The fourth-order valence-electron chi connectivity index (χ4n) is 3.15. The lowest BCUT2D eigenvalue weighted by Crippen LogP contribution is -2.16. The Morgan fingerprint density at radius 1 is 1.00 bits per heavy atom. The number of fused-ring (bicyclic) bond motifs is 1. The summed E-state index contributed by atoms with van der Waals surface area (Å²) < 4.78 is 38.9. The molecule has 0 spiro atoms. The number of aryl methyl sites for hydroxylation is 2. The molecule has 0 fully saturated rings. The quantitative estimate of drug-likeness (QED) is 0.603.